The fourth-order valence-corrected chi connectivity index (χ4v) is 2.23. The Bertz CT molecular complexity index is 757. The van der Waals surface area contributed by atoms with Crippen LogP contribution in [0.5, 0.6) is 0 Å². The van der Waals surface area contributed by atoms with Crippen LogP contribution in [0.2, 0.25) is 0 Å². The Kier molecular flexibility index (Phi) is 3.06. The lowest BCUT2D eigenvalue weighted by Gasteiger charge is -2.04. The predicted molar refractivity (Wildman–Crippen MR) is 77.9 cm³/mol. The second kappa shape index (κ2) is 4.89. The topological polar surface area (TPSA) is 47.3 Å². The zero-order valence-corrected chi connectivity index (χ0v) is 11.4. The predicted octanol–water partition coefficient (Wildman–Crippen LogP) is 3.33. The first-order valence-corrected chi connectivity index (χ1v) is 6.59. The molecule has 3 heterocycles. The van der Waals surface area contributed by atoms with Crippen molar-refractivity contribution in [1.82, 2.24) is 14.4 Å². The molecule has 4 nitrogen and oxygen atoms in total. The van der Waals surface area contributed by atoms with Crippen LogP contribution < -0.4 is 0 Å². The zero-order valence-electron chi connectivity index (χ0n) is 11.4. The highest BCUT2D eigenvalue weighted by molar-refractivity contribution is 5.86. The number of carbonyl (C=O) groups excluding carboxylic acids is 1. The third kappa shape index (κ3) is 1.99. The summed E-state index contributed by atoms with van der Waals surface area (Å²) in [5, 5.41) is 0. The fourth-order valence-electron chi connectivity index (χ4n) is 2.23. The monoisotopic (exact) mass is 265 g/mol. The summed E-state index contributed by atoms with van der Waals surface area (Å²) in [5.41, 5.74) is 3.89. The standard InChI is InChI=1S/C16H15N3O/c1-11(2)13-7-6-12(9-17-13)16-14(10-20)19-8-4-3-5-15(19)18-16/h3-11H,1-2H3. The molecule has 0 amide bonds. The lowest BCUT2D eigenvalue weighted by atomic mass is 10.1. The van der Waals surface area contributed by atoms with Crippen LogP contribution in [0.15, 0.2) is 42.7 Å². The summed E-state index contributed by atoms with van der Waals surface area (Å²) in [4.78, 5) is 20.3. The molecule has 0 unspecified atom stereocenters. The minimum atomic E-state index is 0.385. The van der Waals surface area contributed by atoms with E-state index in [1.807, 2.05) is 36.5 Å². The van der Waals surface area contributed by atoms with Gasteiger partial charge in [-0.2, -0.15) is 0 Å². The Morgan fingerprint density at radius 1 is 1.20 bits per heavy atom. The van der Waals surface area contributed by atoms with Crippen LogP contribution in [0, 0.1) is 0 Å². The first-order valence-electron chi connectivity index (χ1n) is 6.59. The molecule has 0 aliphatic carbocycles. The van der Waals surface area contributed by atoms with Gasteiger partial charge in [0.15, 0.2) is 6.29 Å². The van der Waals surface area contributed by atoms with Crippen LogP contribution in [0.4, 0.5) is 0 Å². The summed E-state index contributed by atoms with van der Waals surface area (Å²) in [6.45, 7) is 4.20. The Balaban J connectivity index is 2.16. The minimum Gasteiger partial charge on any atom is -0.297 e. The maximum absolute atomic E-state index is 11.4. The number of nitrogens with zero attached hydrogens (tertiary/aromatic N) is 3. The van der Waals surface area contributed by atoms with Crippen molar-refractivity contribution in [3.05, 3.63) is 54.1 Å². The number of carbonyl (C=O) groups is 1. The highest BCUT2D eigenvalue weighted by Gasteiger charge is 2.13. The Hall–Kier alpha value is -2.49. The summed E-state index contributed by atoms with van der Waals surface area (Å²) in [5.74, 6) is 0.385. The van der Waals surface area contributed by atoms with Crippen molar-refractivity contribution in [3.8, 4) is 11.3 Å². The molecule has 0 N–H and O–H groups in total. The van der Waals surface area contributed by atoms with E-state index >= 15 is 0 Å². The third-order valence-corrected chi connectivity index (χ3v) is 3.33. The number of aldehydes is 1. The number of hydrogen-bond acceptors (Lipinski definition) is 3. The van der Waals surface area contributed by atoms with Gasteiger partial charge in [0, 0.05) is 23.7 Å². The molecule has 0 aliphatic rings. The third-order valence-electron chi connectivity index (χ3n) is 3.33. The second-order valence-electron chi connectivity index (χ2n) is 5.02. The van der Waals surface area contributed by atoms with Crippen molar-refractivity contribution in [2.75, 3.05) is 0 Å². The number of hydrogen-bond donors (Lipinski definition) is 0. The number of fused-ring (bicyclic) bond motifs is 1. The molecule has 4 heteroatoms. The van der Waals surface area contributed by atoms with Crippen LogP contribution in [-0.2, 0) is 0 Å². The molecule has 3 aromatic rings. The van der Waals surface area contributed by atoms with E-state index in [2.05, 4.69) is 23.8 Å². The van der Waals surface area contributed by atoms with E-state index < -0.39 is 0 Å². The van der Waals surface area contributed by atoms with E-state index in [-0.39, 0.29) is 0 Å². The summed E-state index contributed by atoms with van der Waals surface area (Å²) in [6.07, 6.45) is 4.46. The van der Waals surface area contributed by atoms with Gasteiger partial charge in [-0.05, 0) is 30.2 Å². The van der Waals surface area contributed by atoms with Gasteiger partial charge in [0.05, 0.1) is 0 Å². The Morgan fingerprint density at radius 3 is 2.70 bits per heavy atom. The number of rotatable bonds is 3. The van der Waals surface area contributed by atoms with Gasteiger partial charge in [-0.25, -0.2) is 4.98 Å². The van der Waals surface area contributed by atoms with Gasteiger partial charge in [0.25, 0.3) is 0 Å². The summed E-state index contributed by atoms with van der Waals surface area (Å²) < 4.78 is 1.79. The van der Waals surface area contributed by atoms with Gasteiger partial charge in [0.1, 0.15) is 17.0 Å². The van der Waals surface area contributed by atoms with Crippen LogP contribution in [0.25, 0.3) is 16.9 Å². The quantitative estimate of drug-likeness (QED) is 0.682. The molecule has 0 saturated carbocycles. The molecule has 0 atom stereocenters. The van der Waals surface area contributed by atoms with Crippen LogP contribution in [0.3, 0.4) is 0 Å². The van der Waals surface area contributed by atoms with Gasteiger partial charge in [-0.3, -0.25) is 14.2 Å². The molecule has 100 valence electrons. The average Bonchev–Trinajstić information content (AvgIpc) is 2.85. The van der Waals surface area contributed by atoms with E-state index in [9.17, 15) is 4.79 Å². The molecule has 0 aliphatic heterocycles. The van der Waals surface area contributed by atoms with E-state index in [0.29, 0.717) is 17.3 Å². The molecular weight excluding hydrogens is 250 g/mol. The van der Waals surface area contributed by atoms with Crippen LogP contribution in [0.1, 0.15) is 35.9 Å². The number of aromatic nitrogens is 3. The molecule has 0 spiro atoms. The van der Waals surface area contributed by atoms with Gasteiger partial charge in [0.2, 0.25) is 0 Å². The Labute approximate surface area is 117 Å². The first-order chi connectivity index (χ1) is 9.70. The van der Waals surface area contributed by atoms with Gasteiger partial charge in [-0.1, -0.05) is 19.9 Å². The second-order valence-corrected chi connectivity index (χ2v) is 5.02. The largest absolute Gasteiger partial charge is 0.297 e. The molecule has 0 fully saturated rings. The van der Waals surface area contributed by atoms with Crippen molar-refractivity contribution < 1.29 is 4.79 Å². The van der Waals surface area contributed by atoms with Crippen molar-refractivity contribution in [1.29, 1.82) is 0 Å². The molecule has 0 aromatic carbocycles. The van der Waals surface area contributed by atoms with E-state index in [1.54, 1.807) is 10.6 Å². The SMILES string of the molecule is CC(C)c1ccc(-c2nc3ccccn3c2C=O)cn1. The molecule has 0 saturated heterocycles. The maximum atomic E-state index is 11.4. The number of imidazole rings is 1. The highest BCUT2D eigenvalue weighted by atomic mass is 16.1. The normalized spacial score (nSPS) is 11.2. The highest BCUT2D eigenvalue weighted by Crippen LogP contribution is 2.24. The molecule has 3 aromatic heterocycles. The van der Waals surface area contributed by atoms with Crippen molar-refractivity contribution in [2.45, 2.75) is 19.8 Å². The Morgan fingerprint density at radius 2 is 2.05 bits per heavy atom. The smallest absolute Gasteiger partial charge is 0.169 e. The summed E-state index contributed by atoms with van der Waals surface area (Å²) >= 11 is 0. The van der Waals surface area contributed by atoms with Gasteiger partial charge >= 0.3 is 0 Å². The zero-order chi connectivity index (χ0) is 14.1. The van der Waals surface area contributed by atoms with Gasteiger partial charge < -0.3 is 0 Å². The molecule has 20 heavy (non-hydrogen) atoms. The maximum Gasteiger partial charge on any atom is 0.169 e. The summed E-state index contributed by atoms with van der Waals surface area (Å²) in [6, 6.07) is 9.62. The van der Waals surface area contributed by atoms with Crippen LogP contribution >= 0.6 is 0 Å². The number of pyridine rings is 2. The lowest BCUT2D eigenvalue weighted by molar-refractivity contribution is 0.111. The lowest BCUT2D eigenvalue weighted by Crippen LogP contribution is -1.94. The van der Waals surface area contributed by atoms with Crippen molar-refractivity contribution in [2.24, 2.45) is 0 Å². The van der Waals surface area contributed by atoms with Crippen molar-refractivity contribution >= 4 is 11.9 Å². The van der Waals surface area contributed by atoms with Crippen molar-refractivity contribution in [3.63, 3.8) is 0 Å². The average molecular weight is 265 g/mol. The van der Waals surface area contributed by atoms with E-state index in [4.69, 9.17) is 0 Å². The fraction of sp³-hybridized carbons (Fsp3) is 0.188. The van der Waals surface area contributed by atoms with E-state index in [0.717, 1.165) is 23.2 Å². The first kappa shape index (κ1) is 12.5. The van der Waals surface area contributed by atoms with Crippen LogP contribution in [-0.4, -0.2) is 20.7 Å². The molecule has 0 bridgehead atoms. The molecule has 0 radical (unpaired) electrons. The minimum absolute atomic E-state index is 0.385. The van der Waals surface area contributed by atoms with Gasteiger partial charge in [-0.15, -0.1) is 0 Å². The molecule has 3 rings (SSSR count). The van der Waals surface area contributed by atoms with E-state index in [1.165, 1.54) is 0 Å². The molecular formula is C16H15N3O. The summed E-state index contributed by atoms with van der Waals surface area (Å²) in [7, 11) is 0.